The first-order chi connectivity index (χ1) is 7.18. The Balaban J connectivity index is 2.50. The van der Waals surface area contributed by atoms with E-state index in [4.69, 9.17) is 0 Å². The fraction of sp³-hybridized carbons (Fsp3) is 0.357. The van der Waals surface area contributed by atoms with Gasteiger partial charge in [0.05, 0.1) is 5.69 Å². The molecule has 0 aliphatic carbocycles. The molecule has 0 saturated heterocycles. The van der Waals surface area contributed by atoms with Gasteiger partial charge < -0.3 is 0 Å². The van der Waals surface area contributed by atoms with Crippen LogP contribution in [0.5, 0.6) is 0 Å². The van der Waals surface area contributed by atoms with Gasteiger partial charge in [-0.15, -0.1) is 0 Å². The van der Waals surface area contributed by atoms with E-state index in [1.54, 1.807) is 0 Å². The number of nitrogens with zero attached hydrogens (tertiary/aromatic N) is 1. The third-order valence-corrected chi connectivity index (χ3v) is 2.13. The third-order valence-electron chi connectivity index (χ3n) is 2.13. The molecule has 0 unspecified atom stereocenters. The van der Waals surface area contributed by atoms with Gasteiger partial charge in [0.2, 0.25) is 0 Å². The molecule has 0 heterocycles. The van der Waals surface area contributed by atoms with Crippen molar-refractivity contribution in [2.45, 2.75) is 33.6 Å². The van der Waals surface area contributed by atoms with Crippen LogP contribution >= 0.6 is 0 Å². The lowest BCUT2D eigenvalue weighted by Crippen LogP contribution is -1.89. The first-order valence-electron chi connectivity index (χ1n) is 5.41. The molecule has 1 nitrogen and oxygen atoms in total. The van der Waals surface area contributed by atoms with Gasteiger partial charge in [0.1, 0.15) is 0 Å². The maximum atomic E-state index is 4.54. The standard InChI is InChI=1S/C14H19N/c1-12(2)8-7-9-13(3)15-14-10-5-4-6-11-14/h4-6,8,10-11H,7,9H2,1-3H3/b15-13-. The lowest BCUT2D eigenvalue weighted by atomic mass is 10.2. The van der Waals surface area contributed by atoms with E-state index in [2.05, 4.69) is 31.8 Å². The summed E-state index contributed by atoms with van der Waals surface area (Å²) >= 11 is 0. The zero-order valence-electron chi connectivity index (χ0n) is 9.83. The van der Waals surface area contributed by atoms with Crippen LogP contribution in [0.3, 0.4) is 0 Å². The number of allylic oxidation sites excluding steroid dienone is 2. The second-order valence-electron chi connectivity index (χ2n) is 4.00. The maximum absolute atomic E-state index is 4.54. The van der Waals surface area contributed by atoms with Gasteiger partial charge in [-0.2, -0.15) is 0 Å². The van der Waals surface area contributed by atoms with Gasteiger partial charge in [-0.25, -0.2) is 0 Å². The molecular formula is C14H19N. The molecule has 15 heavy (non-hydrogen) atoms. The number of hydrogen-bond acceptors (Lipinski definition) is 1. The Morgan fingerprint density at radius 3 is 2.40 bits per heavy atom. The van der Waals surface area contributed by atoms with Gasteiger partial charge in [0.25, 0.3) is 0 Å². The molecule has 0 amide bonds. The van der Waals surface area contributed by atoms with Crippen molar-refractivity contribution in [1.29, 1.82) is 0 Å². The summed E-state index contributed by atoms with van der Waals surface area (Å²) < 4.78 is 0. The van der Waals surface area contributed by atoms with E-state index in [1.165, 1.54) is 11.3 Å². The maximum Gasteiger partial charge on any atom is 0.0628 e. The molecule has 0 radical (unpaired) electrons. The van der Waals surface area contributed by atoms with E-state index in [9.17, 15) is 0 Å². The Labute approximate surface area is 92.6 Å². The van der Waals surface area contributed by atoms with Crippen LogP contribution < -0.4 is 0 Å². The Hall–Kier alpha value is -1.37. The first-order valence-corrected chi connectivity index (χ1v) is 5.41. The third kappa shape index (κ3) is 5.16. The average molecular weight is 201 g/mol. The number of rotatable bonds is 4. The van der Waals surface area contributed by atoms with E-state index in [0.29, 0.717) is 0 Å². The molecule has 0 N–H and O–H groups in total. The van der Waals surface area contributed by atoms with Crippen LogP contribution in [0.1, 0.15) is 33.6 Å². The van der Waals surface area contributed by atoms with Gasteiger partial charge in [-0.1, -0.05) is 29.8 Å². The van der Waals surface area contributed by atoms with Crippen LogP contribution in [0, 0.1) is 0 Å². The Bertz CT molecular complexity index is 343. The Morgan fingerprint density at radius 2 is 1.80 bits per heavy atom. The molecule has 1 rings (SSSR count). The molecule has 0 aliphatic heterocycles. The highest BCUT2D eigenvalue weighted by atomic mass is 14.7. The largest absolute Gasteiger partial charge is 0.258 e. The first kappa shape index (κ1) is 11.7. The molecule has 1 aromatic carbocycles. The minimum atomic E-state index is 1.04. The molecule has 0 bridgehead atoms. The van der Waals surface area contributed by atoms with Gasteiger partial charge in [0.15, 0.2) is 0 Å². The van der Waals surface area contributed by atoms with Crippen molar-refractivity contribution in [3.63, 3.8) is 0 Å². The SMILES string of the molecule is CC(C)=CCC/C(C)=N\c1ccccc1. The number of aliphatic imine (C=N–C) groups is 1. The van der Waals surface area contributed by atoms with E-state index >= 15 is 0 Å². The van der Waals surface area contributed by atoms with E-state index in [0.717, 1.165) is 18.5 Å². The second kappa shape index (κ2) is 6.18. The van der Waals surface area contributed by atoms with Crippen molar-refractivity contribution >= 4 is 11.4 Å². The Morgan fingerprint density at radius 1 is 1.13 bits per heavy atom. The molecular weight excluding hydrogens is 182 g/mol. The van der Waals surface area contributed by atoms with Crippen LogP contribution in [-0.2, 0) is 0 Å². The number of para-hydroxylation sites is 1. The van der Waals surface area contributed by atoms with E-state index in [1.807, 2.05) is 30.3 Å². The highest BCUT2D eigenvalue weighted by Crippen LogP contribution is 2.11. The highest BCUT2D eigenvalue weighted by Gasteiger charge is 1.91. The summed E-state index contributed by atoms with van der Waals surface area (Å²) in [6.07, 6.45) is 4.38. The number of hydrogen-bond donors (Lipinski definition) is 0. The fourth-order valence-electron chi connectivity index (χ4n) is 1.35. The lowest BCUT2D eigenvalue weighted by molar-refractivity contribution is 1.06. The van der Waals surface area contributed by atoms with Crippen LogP contribution in [0.4, 0.5) is 5.69 Å². The molecule has 0 aromatic heterocycles. The minimum Gasteiger partial charge on any atom is -0.258 e. The summed E-state index contributed by atoms with van der Waals surface area (Å²) in [5.74, 6) is 0. The average Bonchev–Trinajstić information content (AvgIpc) is 2.18. The zero-order valence-corrected chi connectivity index (χ0v) is 9.83. The number of benzene rings is 1. The van der Waals surface area contributed by atoms with Crippen LogP contribution in [0.15, 0.2) is 47.0 Å². The van der Waals surface area contributed by atoms with E-state index < -0.39 is 0 Å². The normalized spacial score (nSPS) is 11.3. The second-order valence-corrected chi connectivity index (χ2v) is 4.00. The smallest absolute Gasteiger partial charge is 0.0628 e. The summed E-state index contributed by atoms with van der Waals surface area (Å²) in [5.41, 5.74) is 3.62. The summed E-state index contributed by atoms with van der Waals surface area (Å²) in [4.78, 5) is 4.54. The molecule has 80 valence electrons. The summed E-state index contributed by atoms with van der Waals surface area (Å²) in [6, 6.07) is 10.1. The van der Waals surface area contributed by atoms with Crippen LogP contribution in [0.2, 0.25) is 0 Å². The molecule has 0 saturated carbocycles. The van der Waals surface area contributed by atoms with Crippen molar-refractivity contribution in [2.24, 2.45) is 4.99 Å². The summed E-state index contributed by atoms with van der Waals surface area (Å²) in [6.45, 7) is 6.35. The molecule has 0 aliphatic rings. The fourth-order valence-corrected chi connectivity index (χ4v) is 1.35. The lowest BCUT2D eigenvalue weighted by Gasteiger charge is -1.98. The van der Waals surface area contributed by atoms with Crippen LogP contribution in [0.25, 0.3) is 0 Å². The quantitative estimate of drug-likeness (QED) is 0.501. The van der Waals surface area contributed by atoms with Gasteiger partial charge >= 0.3 is 0 Å². The van der Waals surface area contributed by atoms with Gasteiger partial charge in [-0.05, 0) is 45.7 Å². The molecule has 0 fully saturated rings. The van der Waals surface area contributed by atoms with Crippen molar-refractivity contribution in [3.8, 4) is 0 Å². The summed E-state index contributed by atoms with van der Waals surface area (Å²) in [5, 5.41) is 0. The van der Waals surface area contributed by atoms with Crippen molar-refractivity contribution < 1.29 is 0 Å². The molecule has 0 atom stereocenters. The molecule has 1 aromatic rings. The molecule has 1 heteroatoms. The summed E-state index contributed by atoms with van der Waals surface area (Å²) in [7, 11) is 0. The van der Waals surface area contributed by atoms with Crippen molar-refractivity contribution in [3.05, 3.63) is 42.0 Å². The highest BCUT2D eigenvalue weighted by molar-refractivity contribution is 5.84. The zero-order chi connectivity index (χ0) is 11.1. The predicted molar refractivity (Wildman–Crippen MR) is 67.9 cm³/mol. The monoisotopic (exact) mass is 201 g/mol. The predicted octanol–water partition coefficient (Wildman–Crippen LogP) is 4.53. The van der Waals surface area contributed by atoms with Crippen molar-refractivity contribution in [2.75, 3.05) is 0 Å². The molecule has 0 spiro atoms. The topological polar surface area (TPSA) is 12.4 Å². The Kier molecular flexibility index (Phi) is 4.82. The van der Waals surface area contributed by atoms with E-state index in [-0.39, 0.29) is 0 Å². The van der Waals surface area contributed by atoms with Gasteiger partial charge in [-0.3, -0.25) is 4.99 Å². The minimum absolute atomic E-state index is 1.04. The van der Waals surface area contributed by atoms with Crippen molar-refractivity contribution in [1.82, 2.24) is 0 Å². The van der Waals surface area contributed by atoms with Gasteiger partial charge in [0, 0.05) is 5.71 Å². The van der Waals surface area contributed by atoms with Crippen LogP contribution in [-0.4, -0.2) is 5.71 Å².